The fourth-order valence-corrected chi connectivity index (χ4v) is 2.69. The molecule has 0 saturated carbocycles. The third kappa shape index (κ3) is 5.51. The van der Waals surface area contributed by atoms with E-state index in [1.54, 1.807) is 18.2 Å². The molecule has 1 fully saturated rings. The smallest absolute Gasteiger partial charge is 0.336 e. The van der Waals surface area contributed by atoms with Gasteiger partial charge < -0.3 is 20.3 Å². The minimum absolute atomic E-state index is 0. The van der Waals surface area contributed by atoms with Crippen molar-refractivity contribution in [2.45, 2.75) is 19.5 Å². The first-order chi connectivity index (χ1) is 9.63. The number of hydrogen-bond acceptors (Lipinski definition) is 5. The quantitative estimate of drug-likeness (QED) is 0.747. The van der Waals surface area contributed by atoms with Gasteiger partial charge in [-0.3, -0.25) is 4.90 Å². The average Bonchev–Trinajstić information content (AvgIpc) is 2.40. The molecule has 1 atom stereocenters. The Morgan fingerprint density at radius 2 is 2.00 bits per heavy atom. The zero-order valence-electron chi connectivity index (χ0n) is 13.2. The first kappa shape index (κ1) is 25.2. The number of phenols is 1. The molecule has 1 aromatic heterocycles. The van der Waals surface area contributed by atoms with Crippen LogP contribution in [0.3, 0.4) is 0 Å². The van der Waals surface area contributed by atoms with Crippen molar-refractivity contribution in [1.29, 1.82) is 0 Å². The second kappa shape index (κ2) is 10.8. The molecular formula is C15H23Cl3N2O4. The number of piperazine rings is 1. The first-order valence-corrected chi connectivity index (χ1v) is 6.84. The Morgan fingerprint density at radius 3 is 2.67 bits per heavy atom. The summed E-state index contributed by atoms with van der Waals surface area (Å²) in [6, 6.07) is 6.89. The summed E-state index contributed by atoms with van der Waals surface area (Å²) in [5.74, 6) is 0.105. The predicted molar refractivity (Wildman–Crippen MR) is 102 cm³/mol. The third-order valence-electron chi connectivity index (χ3n) is 3.83. The Hall–Kier alpha value is -1.02. The van der Waals surface area contributed by atoms with Gasteiger partial charge in [0.2, 0.25) is 0 Å². The predicted octanol–water partition coefficient (Wildman–Crippen LogP) is 1.73. The van der Waals surface area contributed by atoms with Crippen molar-refractivity contribution >= 4 is 48.2 Å². The number of rotatable bonds is 2. The number of fused-ring (bicyclic) bond motifs is 1. The summed E-state index contributed by atoms with van der Waals surface area (Å²) in [6.07, 6.45) is 0. The summed E-state index contributed by atoms with van der Waals surface area (Å²) in [7, 11) is 0. The lowest BCUT2D eigenvalue weighted by Crippen LogP contribution is -2.49. The summed E-state index contributed by atoms with van der Waals surface area (Å²) in [5, 5.41) is 13.7. The number of nitrogens with one attached hydrogen (secondary N) is 1. The summed E-state index contributed by atoms with van der Waals surface area (Å²) in [4.78, 5) is 14.0. The fraction of sp³-hybridized carbons (Fsp3) is 0.400. The first-order valence-electron chi connectivity index (χ1n) is 6.84. The fourth-order valence-electron chi connectivity index (χ4n) is 2.69. The van der Waals surface area contributed by atoms with Gasteiger partial charge in [0, 0.05) is 49.7 Å². The molecule has 6 nitrogen and oxygen atoms in total. The normalized spacial score (nSPS) is 17.0. The number of benzene rings is 1. The van der Waals surface area contributed by atoms with Crippen LogP contribution in [-0.2, 0) is 6.54 Å². The van der Waals surface area contributed by atoms with E-state index in [-0.39, 0.29) is 54.1 Å². The molecule has 0 amide bonds. The number of nitrogens with zero attached hydrogens (tertiary/aromatic N) is 1. The lowest BCUT2D eigenvalue weighted by Gasteiger charge is -2.34. The number of hydrogen-bond donors (Lipinski definition) is 2. The maximum Gasteiger partial charge on any atom is 0.336 e. The van der Waals surface area contributed by atoms with Crippen LogP contribution in [0.1, 0.15) is 12.5 Å². The highest BCUT2D eigenvalue weighted by molar-refractivity contribution is 5.86. The minimum atomic E-state index is -0.374. The van der Waals surface area contributed by atoms with Crippen molar-refractivity contribution in [2.75, 3.05) is 19.6 Å². The zero-order chi connectivity index (χ0) is 14.1. The Labute approximate surface area is 158 Å². The van der Waals surface area contributed by atoms with Gasteiger partial charge in [-0.05, 0) is 24.6 Å². The van der Waals surface area contributed by atoms with E-state index in [4.69, 9.17) is 4.42 Å². The van der Waals surface area contributed by atoms with Crippen molar-refractivity contribution in [3.63, 3.8) is 0 Å². The van der Waals surface area contributed by atoms with E-state index in [1.807, 2.05) is 0 Å². The average molecular weight is 402 g/mol. The van der Waals surface area contributed by atoms with E-state index in [9.17, 15) is 9.90 Å². The SMILES string of the molecule is CC1CNCCN1Cc1cc(=O)oc2cc(O)ccc12.Cl.Cl.Cl.O. The van der Waals surface area contributed by atoms with E-state index in [0.29, 0.717) is 11.6 Å². The van der Waals surface area contributed by atoms with Crippen LogP contribution >= 0.6 is 37.2 Å². The largest absolute Gasteiger partial charge is 0.508 e. The highest BCUT2D eigenvalue weighted by atomic mass is 35.5. The number of halogens is 3. The summed E-state index contributed by atoms with van der Waals surface area (Å²) < 4.78 is 5.15. The Morgan fingerprint density at radius 1 is 1.29 bits per heavy atom. The topological polar surface area (TPSA) is 97.2 Å². The molecule has 1 saturated heterocycles. The van der Waals surface area contributed by atoms with Gasteiger partial charge in [0.25, 0.3) is 0 Å². The maximum atomic E-state index is 11.7. The van der Waals surface area contributed by atoms with Gasteiger partial charge in [0.05, 0.1) is 0 Å². The molecule has 0 bridgehead atoms. The number of phenolic OH excluding ortho intramolecular Hbond substituents is 1. The van der Waals surface area contributed by atoms with Crippen molar-refractivity contribution < 1.29 is 15.0 Å². The molecule has 1 aliphatic rings. The monoisotopic (exact) mass is 400 g/mol. The van der Waals surface area contributed by atoms with Crippen LogP contribution in [0, 0.1) is 0 Å². The minimum Gasteiger partial charge on any atom is -0.508 e. The molecule has 138 valence electrons. The van der Waals surface area contributed by atoms with Crippen LogP contribution in [0.25, 0.3) is 11.0 Å². The van der Waals surface area contributed by atoms with Gasteiger partial charge in [-0.15, -0.1) is 37.2 Å². The third-order valence-corrected chi connectivity index (χ3v) is 3.83. The number of aromatic hydroxyl groups is 1. The molecule has 4 N–H and O–H groups in total. The Balaban J connectivity index is 0. The van der Waals surface area contributed by atoms with Gasteiger partial charge in [-0.25, -0.2) is 4.79 Å². The molecule has 0 radical (unpaired) electrons. The van der Waals surface area contributed by atoms with Crippen molar-refractivity contribution in [3.05, 3.63) is 40.2 Å². The molecule has 24 heavy (non-hydrogen) atoms. The van der Waals surface area contributed by atoms with Crippen LogP contribution < -0.4 is 10.9 Å². The lowest BCUT2D eigenvalue weighted by atomic mass is 10.1. The standard InChI is InChI=1S/C15H18N2O3.3ClH.H2O/c1-10-8-16-4-5-17(10)9-11-6-15(19)20-14-7-12(18)2-3-13(11)14;;;;/h2-3,6-7,10,16,18H,4-5,8-9H2,1H3;3*1H;1H2. The van der Waals surface area contributed by atoms with Crippen LogP contribution in [0.4, 0.5) is 0 Å². The van der Waals surface area contributed by atoms with Crippen LogP contribution in [-0.4, -0.2) is 41.2 Å². The summed E-state index contributed by atoms with van der Waals surface area (Å²) in [5.41, 5.74) is 1.01. The Bertz CT molecular complexity index is 696. The van der Waals surface area contributed by atoms with E-state index < -0.39 is 0 Å². The molecule has 3 rings (SSSR count). The van der Waals surface area contributed by atoms with Gasteiger partial charge in [0.15, 0.2) is 0 Å². The van der Waals surface area contributed by atoms with Crippen LogP contribution in [0.15, 0.2) is 33.5 Å². The van der Waals surface area contributed by atoms with Crippen molar-refractivity contribution in [2.24, 2.45) is 0 Å². The van der Waals surface area contributed by atoms with Gasteiger partial charge in [0.1, 0.15) is 11.3 Å². The van der Waals surface area contributed by atoms with E-state index in [2.05, 4.69) is 17.1 Å². The molecule has 9 heteroatoms. The molecule has 2 heterocycles. The Kier molecular flexibility index (Phi) is 11.3. The van der Waals surface area contributed by atoms with Gasteiger partial charge in [-0.1, -0.05) is 0 Å². The second-order valence-corrected chi connectivity index (χ2v) is 5.29. The molecule has 2 aromatic rings. The maximum absolute atomic E-state index is 11.7. The van der Waals surface area contributed by atoms with E-state index in [1.165, 1.54) is 6.07 Å². The molecule has 1 aromatic carbocycles. The molecule has 0 aliphatic carbocycles. The van der Waals surface area contributed by atoms with Crippen molar-refractivity contribution in [1.82, 2.24) is 10.2 Å². The molecule has 1 aliphatic heterocycles. The van der Waals surface area contributed by atoms with Gasteiger partial charge >= 0.3 is 5.63 Å². The highest BCUT2D eigenvalue weighted by Gasteiger charge is 2.19. The second-order valence-electron chi connectivity index (χ2n) is 5.29. The summed E-state index contributed by atoms with van der Waals surface area (Å²) in [6.45, 7) is 5.77. The van der Waals surface area contributed by atoms with E-state index in [0.717, 1.165) is 37.1 Å². The van der Waals surface area contributed by atoms with Crippen molar-refractivity contribution in [3.8, 4) is 5.75 Å². The molecular weight excluding hydrogens is 379 g/mol. The zero-order valence-corrected chi connectivity index (χ0v) is 15.6. The molecule has 1 unspecified atom stereocenters. The van der Waals surface area contributed by atoms with E-state index >= 15 is 0 Å². The highest BCUT2D eigenvalue weighted by Crippen LogP contribution is 2.23. The van der Waals surface area contributed by atoms with Crippen LogP contribution in [0.5, 0.6) is 5.75 Å². The van der Waals surface area contributed by atoms with Crippen LogP contribution in [0.2, 0.25) is 0 Å². The molecule has 0 spiro atoms. The van der Waals surface area contributed by atoms with Gasteiger partial charge in [-0.2, -0.15) is 0 Å². The lowest BCUT2D eigenvalue weighted by molar-refractivity contribution is 0.166. The summed E-state index contributed by atoms with van der Waals surface area (Å²) >= 11 is 0.